The zero-order valence-corrected chi connectivity index (χ0v) is 17.0. The van der Waals surface area contributed by atoms with Gasteiger partial charge in [0.25, 0.3) is 15.9 Å². The molecule has 12 nitrogen and oxygen atoms in total. The molecule has 5 N–H and O–H groups in total. The van der Waals surface area contributed by atoms with E-state index in [1.165, 1.54) is 38.5 Å². The molecule has 0 bridgehead atoms. The van der Waals surface area contributed by atoms with Crippen LogP contribution in [0.25, 0.3) is 0 Å². The topological polar surface area (TPSA) is 183 Å². The Morgan fingerprint density at radius 3 is 2.37 bits per heavy atom. The third kappa shape index (κ3) is 5.70. The Balaban J connectivity index is 2.19. The number of sulfonamides is 1. The Morgan fingerprint density at radius 2 is 1.83 bits per heavy atom. The lowest BCUT2D eigenvalue weighted by Crippen LogP contribution is -2.30. The smallest absolute Gasteiger partial charge is 0.326 e. The molecule has 1 aromatic heterocycles. The van der Waals surface area contributed by atoms with Gasteiger partial charge in [0.05, 0.1) is 19.1 Å². The molecule has 162 valence electrons. The normalized spacial score (nSPS) is 11.9. The maximum atomic E-state index is 12.7. The van der Waals surface area contributed by atoms with Gasteiger partial charge >= 0.3 is 5.97 Å². The van der Waals surface area contributed by atoms with Gasteiger partial charge in [0.15, 0.2) is 5.82 Å². The largest absolute Gasteiger partial charge is 0.489 e. The number of aliphatic carboxylic acids is 1. The molecule has 1 heterocycles. The molecule has 0 aliphatic carbocycles. The summed E-state index contributed by atoms with van der Waals surface area (Å²) in [6, 6.07) is 4.29. The third-order valence-corrected chi connectivity index (χ3v) is 5.24. The summed E-state index contributed by atoms with van der Waals surface area (Å²) in [4.78, 5) is 29.8. The van der Waals surface area contributed by atoms with E-state index in [-0.39, 0.29) is 35.2 Å². The summed E-state index contributed by atoms with van der Waals surface area (Å²) in [7, 11) is -1.37. The number of amides is 1. The number of rotatable bonds is 11. The first kappa shape index (κ1) is 22.7. The zero-order valence-electron chi connectivity index (χ0n) is 16.2. The van der Waals surface area contributed by atoms with E-state index in [4.69, 9.17) is 15.2 Å². The van der Waals surface area contributed by atoms with Gasteiger partial charge in [-0.3, -0.25) is 9.52 Å². The van der Waals surface area contributed by atoms with Crippen molar-refractivity contribution in [3.8, 4) is 11.6 Å². The number of nitrogens with two attached hydrogens (primary N) is 1. The number of primary amides is 1. The van der Waals surface area contributed by atoms with Gasteiger partial charge in [0.2, 0.25) is 11.7 Å². The van der Waals surface area contributed by atoms with Crippen LogP contribution >= 0.6 is 0 Å². The van der Waals surface area contributed by atoms with Crippen molar-refractivity contribution in [2.45, 2.75) is 23.8 Å². The number of nitrogens with zero attached hydrogens (tertiary/aromatic N) is 2. The molecule has 0 radical (unpaired) electrons. The number of ether oxygens (including phenoxy) is 2. The van der Waals surface area contributed by atoms with Crippen LogP contribution in [-0.2, 0) is 19.6 Å². The number of carbonyl (C=O) groups is 2. The minimum atomic E-state index is -4.04. The molecular formula is C17H21N5O7S. The van der Waals surface area contributed by atoms with E-state index in [1.54, 1.807) is 0 Å². The highest BCUT2D eigenvalue weighted by Gasteiger charge is 2.22. The Kier molecular flexibility index (Phi) is 7.36. The predicted molar refractivity (Wildman–Crippen MR) is 106 cm³/mol. The maximum Gasteiger partial charge on any atom is 0.326 e. The predicted octanol–water partition coefficient (Wildman–Crippen LogP) is 0.425. The van der Waals surface area contributed by atoms with Crippen molar-refractivity contribution >= 4 is 33.4 Å². The van der Waals surface area contributed by atoms with Crippen LogP contribution in [0.15, 0.2) is 35.5 Å². The van der Waals surface area contributed by atoms with Crippen molar-refractivity contribution in [2.75, 3.05) is 24.3 Å². The number of carbonyl (C=O) groups excluding carboxylic acids is 1. The standard InChI is InChI=1S/C17H21N5O7S/c1-28-14-15(19-9-20-16(14)29-2)22-30(26,27)11-5-3-10(4-6-11)21-12(17(24)25)7-8-13(18)23/h3-6,9,12,21H,7-8H2,1-2H3,(H2,18,23)(H,24,25)(H,19,20,22)/t12-/m0/s1. The molecule has 30 heavy (non-hydrogen) atoms. The average Bonchev–Trinajstić information content (AvgIpc) is 2.70. The van der Waals surface area contributed by atoms with E-state index >= 15 is 0 Å². The molecule has 0 aliphatic heterocycles. The Hall–Kier alpha value is -3.61. The van der Waals surface area contributed by atoms with E-state index in [0.717, 1.165) is 6.33 Å². The molecular weight excluding hydrogens is 418 g/mol. The summed E-state index contributed by atoms with van der Waals surface area (Å²) in [5, 5.41) is 11.9. The van der Waals surface area contributed by atoms with E-state index in [9.17, 15) is 23.1 Å². The number of methoxy groups -OCH3 is 2. The second kappa shape index (κ2) is 9.73. The zero-order chi connectivity index (χ0) is 22.3. The average molecular weight is 439 g/mol. The van der Waals surface area contributed by atoms with Gasteiger partial charge in [-0.15, -0.1) is 0 Å². The lowest BCUT2D eigenvalue weighted by molar-refractivity contribution is -0.138. The van der Waals surface area contributed by atoms with Crippen LogP contribution in [0.1, 0.15) is 12.8 Å². The second-order valence-corrected chi connectivity index (χ2v) is 7.62. The van der Waals surface area contributed by atoms with Crippen LogP contribution in [-0.4, -0.2) is 55.6 Å². The molecule has 13 heteroatoms. The minimum absolute atomic E-state index is 0.0123. The highest BCUT2D eigenvalue weighted by molar-refractivity contribution is 7.92. The molecule has 0 saturated carbocycles. The van der Waals surface area contributed by atoms with Gasteiger partial charge in [-0.25, -0.2) is 18.2 Å². The number of hydrogen-bond donors (Lipinski definition) is 4. The van der Waals surface area contributed by atoms with Crippen LogP contribution in [0, 0.1) is 0 Å². The van der Waals surface area contributed by atoms with Crippen molar-refractivity contribution in [1.82, 2.24) is 9.97 Å². The van der Waals surface area contributed by atoms with Gasteiger partial charge in [-0.1, -0.05) is 0 Å². The molecule has 0 unspecified atom stereocenters. The summed E-state index contributed by atoms with van der Waals surface area (Å²) >= 11 is 0. The number of carboxylic acids is 1. The van der Waals surface area contributed by atoms with E-state index < -0.39 is 27.9 Å². The molecule has 0 fully saturated rings. The van der Waals surface area contributed by atoms with Gasteiger partial charge in [0, 0.05) is 12.1 Å². The second-order valence-electron chi connectivity index (χ2n) is 5.93. The lowest BCUT2D eigenvalue weighted by Gasteiger charge is -2.16. The molecule has 2 rings (SSSR count). The molecule has 0 spiro atoms. The maximum absolute atomic E-state index is 12.7. The summed E-state index contributed by atoms with van der Waals surface area (Å²) in [5.74, 6) is -1.82. The van der Waals surface area contributed by atoms with Gasteiger partial charge in [-0.05, 0) is 30.7 Å². The first-order valence-corrected chi connectivity index (χ1v) is 9.99. The monoisotopic (exact) mass is 439 g/mol. The Bertz CT molecular complexity index is 1010. The first-order valence-electron chi connectivity index (χ1n) is 8.51. The van der Waals surface area contributed by atoms with Crippen LogP contribution in [0.4, 0.5) is 11.5 Å². The van der Waals surface area contributed by atoms with Crippen LogP contribution in [0.2, 0.25) is 0 Å². The lowest BCUT2D eigenvalue weighted by atomic mass is 10.1. The number of aromatic nitrogens is 2. The molecule has 0 aliphatic rings. The Labute approximate surface area is 172 Å². The SMILES string of the molecule is COc1ncnc(NS(=O)(=O)c2ccc(N[C@@H](CCC(N)=O)C(=O)O)cc2)c1OC. The first-order chi connectivity index (χ1) is 14.2. The summed E-state index contributed by atoms with van der Waals surface area (Å²) in [6.07, 6.45) is 0.997. The fourth-order valence-electron chi connectivity index (χ4n) is 2.42. The summed E-state index contributed by atoms with van der Waals surface area (Å²) in [6.45, 7) is 0. The van der Waals surface area contributed by atoms with Crippen molar-refractivity contribution in [3.63, 3.8) is 0 Å². The van der Waals surface area contributed by atoms with Gasteiger partial charge in [-0.2, -0.15) is 4.98 Å². The highest BCUT2D eigenvalue weighted by Crippen LogP contribution is 2.32. The van der Waals surface area contributed by atoms with Gasteiger partial charge < -0.3 is 25.6 Å². The Morgan fingerprint density at radius 1 is 1.17 bits per heavy atom. The highest BCUT2D eigenvalue weighted by atomic mass is 32.2. The van der Waals surface area contributed by atoms with Crippen LogP contribution < -0.4 is 25.2 Å². The van der Waals surface area contributed by atoms with E-state index in [1.807, 2.05) is 0 Å². The number of benzene rings is 1. The molecule has 1 aromatic carbocycles. The van der Waals surface area contributed by atoms with Crippen molar-refractivity contribution in [1.29, 1.82) is 0 Å². The quantitative estimate of drug-likeness (QED) is 0.383. The van der Waals surface area contributed by atoms with Crippen molar-refractivity contribution in [2.24, 2.45) is 5.73 Å². The third-order valence-electron chi connectivity index (χ3n) is 3.88. The number of anilines is 2. The van der Waals surface area contributed by atoms with Gasteiger partial charge in [0.1, 0.15) is 12.4 Å². The fraction of sp³-hybridized carbons (Fsp3) is 0.294. The van der Waals surface area contributed by atoms with E-state index in [2.05, 4.69) is 20.0 Å². The number of hydrogen-bond acceptors (Lipinski definition) is 9. The molecule has 2 aromatic rings. The minimum Gasteiger partial charge on any atom is -0.489 e. The summed E-state index contributed by atoms with van der Waals surface area (Å²) < 4.78 is 37.7. The van der Waals surface area contributed by atoms with Crippen molar-refractivity contribution < 1.29 is 32.6 Å². The van der Waals surface area contributed by atoms with Crippen LogP contribution in [0.5, 0.6) is 11.6 Å². The van der Waals surface area contributed by atoms with Crippen LogP contribution in [0.3, 0.4) is 0 Å². The summed E-state index contributed by atoms with van der Waals surface area (Å²) in [5.41, 5.74) is 5.40. The van der Waals surface area contributed by atoms with Crippen molar-refractivity contribution in [3.05, 3.63) is 30.6 Å². The number of carboxylic acid groups (broad SMARTS) is 1. The molecule has 1 atom stereocenters. The molecule has 0 saturated heterocycles. The van der Waals surface area contributed by atoms with E-state index in [0.29, 0.717) is 5.69 Å². The molecule has 1 amide bonds. The number of nitrogens with one attached hydrogen (secondary N) is 2. The fourth-order valence-corrected chi connectivity index (χ4v) is 3.43.